The van der Waals surface area contributed by atoms with Crippen LogP contribution in [0.25, 0.3) is 0 Å². The molecular weight excluding hydrogens is 184 g/mol. The van der Waals surface area contributed by atoms with Gasteiger partial charge in [-0.25, -0.2) is 4.98 Å². The highest BCUT2D eigenvalue weighted by Crippen LogP contribution is 2.33. The van der Waals surface area contributed by atoms with E-state index in [9.17, 15) is 0 Å². The summed E-state index contributed by atoms with van der Waals surface area (Å²) in [5, 5.41) is 0.965. The molecule has 0 amide bonds. The molecule has 2 N–H and O–H groups in total. The fourth-order valence-corrected chi connectivity index (χ4v) is 2.05. The summed E-state index contributed by atoms with van der Waals surface area (Å²) < 4.78 is 5.43. The third-order valence-corrected chi connectivity index (χ3v) is 3.64. The van der Waals surface area contributed by atoms with E-state index in [0.717, 1.165) is 16.3 Å². The summed E-state index contributed by atoms with van der Waals surface area (Å²) in [5.74, 6) is 0.622. The van der Waals surface area contributed by atoms with Crippen LogP contribution in [0.5, 0.6) is 0 Å². The van der Waals surface area contributed by atoms with Crippen LogP contribution < -0.4 is 5.73 Å². The van der Waals surface area contributed by atoms with E-state index in [4.69, 9.17) is 10.5 Å². The van der Waals surface area contributed by atoms with Gasteiger partial charge in [-0.2, -0.15) is 0 Å². The van der Waals surface area contributed by atoms with Crippen molar-refractivity contribution in [1.29, 1.82) is 0 Å². The van der Waals surface area contributed by atoms with E-state index in [2.05, 4.69) is 11.9 Å². The van der Waals surface area contributed by atoms with Crippen LogP contribution in [0, 0.1) is 6.92 Å². The molecule has 74 valence electrons. The highest BCUT2D eigenvalue weighted by molar-refractivity contribution is 7.12. The zero-order valence-corrected chi connectivity index (χ0v) is 9.36. The minimum Gasteiger partial charge on any atom is -0.383 e. The van der Waals surface area contributed by atoms with Gasteiger partial charge in [-0.1, -0.05) is 6.92 Å². The Bertz CT molecular complexity index is 272. The molecule has 1 rings (SSSR count). The third-order valence-electron chi connectivity index (χ3n) is 2.41. The van der Waals surface area contributed by atoms with Crippen molar-refractivity contribution in [1.82, 2.24) is 4.98 Å². The molecule has 0 saturated carbocycles. The van der Waals surface area contributed by atoms with E-state index >= 15 is 0 Å². The number of nitrogens with zero attached hydrogens (tertiary/aromatic N) is 1. The van der Waals surface area contributed by atoms with Crippen LogP contribution >= 0.6 is 11.3 Å². The van der Waals surface area contributed by atoms with Gasteiger partial charge < -0.3 is 10.5 Å². The van der Waals surface area contributed by atoms with Crippen molar-refractivity contribution in [3.63, 3.8) is 0 Å². The number of aromatic nitrogens is 1. The Kier molecular flexibility index (Phi) is 2.93. The molecule has 0 aliphatic heterocycles. The lowest BCUT2D eigenvalue weighted by atomic mass is 10.1. The maximum absolute atomic E-state index is 5.69. The molecule has 0 spiro atoms. The average Bonchev–Trinajstić information content (AvgIpc) is 2.46. The van der Waals surface area contributed by atoms with Gasteiger partial charge in [0, 0.05) is 12.0 Å². The lowest BCUT2D eigenvalue weighted by molar-refractivity contribution is -0.00147. The summed E-state index contributed by atoms with van der Waals surface area (Å²) in [4.78, 5) is 5.36. The van der Waals surface area contributed by atoms with Crippen LogP contribution in [0.15, 0.2) is 0 Å². The van der Waals surface area contributed by atoms with Gasteiger partial charge >= 0.3 is 0 Å². The maximum Gasteiger partial charge on any atom is 0.137 e. The van der Waals surface area contributed by atoms with Crippen LogP contribution in [0.1, 0.15) is 30.2 Å². The minimum atomic E-state index is -0.285. The van der Waals surface area contributed by atoms with Crippen LogP contribution in [-0.2, 0) is 10.3 Å². The molecule has 13 heavy (non-hydrogen) atoms. The van der Waals surface area contributed by atoms with E-state index in [-0.39, 0.29) is 5.60 Å². The van der Waals surface area contributed by atoms with E-state index in [0.29, 0.717) is 5.82 Å². The highest BCUT2D eigenvalue weighted by atomic mass is 32.1. The van der Waals surface area contributed by atoms with Crippen LogP contribution in [-0.4, -0.2) is 12.1 Å². The van der Waals surface area contributed by atoms with E-state index in [1.165, 1.54) is 0 Å². The molecule has 0 aliphatic rings. The first-order chi connectivity index (χ1) is 6.03. The van der Waals surface area contributed by atoms with Crippen molar-refractivity contribution in [2.24, 2.45) is 0 Å². The Morgan fingerprint density at radius 2 is 2.23 bits per heavy atom. The first-order valence-electron chi connectivity index (χ1n) is 4.32. The molecule has 0 aliphatic carbocycles. The first kappa shape index (κ1) is 10.5. The van der Waals surface area contributed by atoms with Gasteiger partial charge in [-0.3, -0.25) is 0 Å². The van der Waals surface area contributed by atoms with Crippen LogP contribution in [0.3, 0.4) is 0 Å². The number of nitrogens with two attached hydrogens (primary N) is 1. The van der Waals surface area contributed by atoms with Gasteiger partial charge in [-0.15, -0.1) is 11.3 Å². The first-order valence-corrected chi connectivity index (χ1v) is 5.13. The Hall–Kier alpha value is -0.610. The van der Waals surface area contributed by atoms with E-state index < -0.39 is 0 Å². The number of methoxy groups -OCH3 is 1. The number of aryl methyl sites for hydroxylation is 1. The van der Waals surface area contributed by atoms with Crippen molar-refractivity contribution in [2.75, 3.05) is 12.8 Å². The smallest absolute Gasteiger partial charge is 0.137 e. The zero-order chi connectivity index (χ0) is 10.1. The molecule has 0 fully saturated rings. The average molecular weight is 200 g/mol. The monoisotopic (exact) mass is 200 g/mol. The molecule has 0 bridgehead atoms. The molecule has 0 aromatic carbocycles. The van der Waals surface area contributed by atoms with Crippen molar-refractivity contribution in [2.45, 2.75) is 32.8 Å². The van der Waals surface area contributed by atoms with Gasteiger partial charge in [0.15, 0.2) is 0 Å². The quantitative estimate of drug-likeness (QED) is 0.814. The van der Waals surface area contributed by atoms with Gasteiger partial charge in [-0.05, 0) is 20.3 Å². The van der Waals surface area contributed by atoms with Gasteiger partial charge in [0.05, 0.1) is 0 Å². The van der Waals surface area contributed by atoms with Crippen molar-refractivity contribution < 1.29 is 4.74 Å². The molecule has 1 unspecified atom stereocenters. The predicted molar refractivity (Wildman–Crippen MR) is 55.9 cm³/mol. The second-order valence-electron chi connectivity index (χ2n) is 3.25. The molecule has 1 atom stereocenters. The predicted octanol–water partition coefficient (Wildman–Crippen LogP) is 2.31. The normalized spacial score (nSPS) is 15.7. The minimum absolute atomic E-state index is 0.285. The Morgan fingerprint density at radius 3 is 2.54 bits per heavy atom. The second-order valence-corrected chi connectivity index (χ2v) is 4.45. The summed E-state index contributed by atoms with van der Waals surface area (Å²) in [7, 11) is 1.70. The fraction of sp³-hybridized carbons (Fsp3) is 0.667. The Labute approximate surface area is 82.9 Å². The van der Waals surface area contributed by atoms with Gasteiger partial charge in [0.2, 0.25) is 0 Å². The number of hydrogen-bond acceptors (Lipinski definition) is 4. The molecule has 1 heterocycles. The van der Waals surface area contributed by atoms with Gasteiger partial charge in [0.25, 0.3) is 0 Å². The fourth-order valence-electron chi connectivity index (χ4n) is 1.02. The number of anilines is 1. The highest BCUT2D eigenvalue weighted by Gasteiger charge is 2.28. The molecule has 3 nitrogen and oxygen atoms in total. The van der Waals surface area contributed by atoms with Crippen molar-refractivity contribution >= 4 is 17.2 Å². The molecule has 4 heteroatoms. The standard InChI is InChI=1S/C9H16N2OS/c1-5-9(3,12-4)8-11-7(10)6(2)13-8/h5,10H2,1-4H3. The molecule has 1 aromatic heterocycles. The number of ether oxygens (including phenoxy) is 1. The Balaban J connectivity index is 3.05. The van der Waals surface area contributed by atoms with E-state index in [1.54, 1.807) is 18.4 Å². The second kappa shape index (κ2) is 3.64. The SMILES string of the molecule is CCC(C)(OC)c1nc(N)c(C)s1. The maximum atomic E-state index is 5.69. The largest absolute Gasteiger partial charge is 0.383 e. The lowest BCUT2D eigenvalue weighted by Crippen LogP contribution is -2.22. The number of rotatable bonds is 3. The lowest BCUT2D eigenvalue weighted by Gasteiger charge is -2.23. The number of nitrogen functional groups attached to an aromatic ring is 1. The van der Waals surface area contributed by atoms with Crippen molar-refractivity contribution in [3.05, 3.63) is 9.88 Å². The molecule has 0 radical (unpaired) electrons. The van der Waals surface area contributed by atoms with E-state index in [1.807, 2.05) is 13.8 Å². The molecule has 1 aromatic rings. The zero-order valence-electron chi connectivity index (χ0n) is 8.55. The van der Waals surface area contributed by atoms with Gasteiger partial charge in [0.1, 0.15) is 16.4 Å². The summed E-state index contributed by atoms with van der Waals surface area (Å²) in [6, 6.07) is 0. The third kappa shape index (κ3) is 1.84. The molecule has 0 saturated heterocycles. The number of hydrogen-bond donors (Lipinski definition) is 1. The summed E-state index contributed by atoms with van der Waals surface area (Å²) >= 11 is 1.61. The summed E-state index contributed by atoms with van der Waals surface area (Å²) in [5.41, 5.74) is 5.41. The topological polar surface area (TPSA) is 48.1 Å². The van der Waals surface area contributed by atoms with Crippen LogP contribution in [0.4, 0.5) is 5.82 Å². The molecular formula is C9H16N2OS. The number of thiazole rings is 1. The summed E-state index contributed by atoms with van der Waals surface area (Å²) in [6.45, 7) is 6.09. The summed E-state index contributed by atoms with van der Waals surface area (Å²) in [6.07, 6.45) is 0.899. The van der Waals surface area contributed by atoms with Crippen LogP contribution in [0.2, 0.25) is 0 Å². The Morgan fingerprint density at radius 1 is 1.62 bits per heavy atom. The van der Waals surface area contributed by atoms with Crippen molar-refractivity contribution in [3.8, 4) is 0 Å².